The quantitative estimate of drug-likeness (QED) is 0.859. The van der Waals surface area contributed by atoms with E-state index in [2.05, 4.69) is 4.90 Å². The second kappa shape index (κ2) is 5.25. The lowest BCUT2D eigenvalue weighted by molar-refractivity contribution is 0.00871. The van der Waals surface area contributed by atoms with Crippen LogP contribution in [0.1, 0.15) is 51.4 Å². The van der Waals surface area contributed by atoms with Gasteiger partial charge in [-0.1, -0.05) is 12.8 Å². The minimum atomic E-state index is -3.02. The van der Waals surface area contributed by atoms with Gasteiger partial charge in [-0.25, -0.2) is 8.42 Å². The van der Waals surface area contributed by atoms with E-state index < -0.39 is 9.84 Å². The highest BCUT2D eigenvalue weighted by Gasteiger charge is 2.54. The first kappa shape index (κ1) is 14.8. The van der Waals surface area contributed by atoms with Crippen molar-refractivity contribution in [3.05, 3.63) is 0 Å². The van der Waals surface area contributed by atoms with E-state index in [1.54, 1.807) is 0 Å². The molecule has 5 heteroatoms. The van der Waals surface area contributed by atoms with Crippen LogP contribution in [-0.4, -0.2) is 49.5 Å². The Morgan fingerprint density at radius 3 is 2.60 bits per heavy atom. The number of nitrogens with two attached hydrogens (primary N) is 1. The first-order valence-corrected chi connectivity index (χ1v) is 10.1. The number of hydrogen-bond acceptors (Lipinski definition) is 4. The zero-order valence-corrected chi connectivity index (χ0v) is 13.4. The van der Waals surface area contributed by atoms with Gasteiger partial charge < -0.3 is 5.73 Å². The number of fused-ring (bicyclic) bond motifs is 1. The number of sulfone groups is 1. The van der Waals surface area contributed by atoms with Crippen LogP contribution in [0.15, 0.2) is 0 Å². The van der Waals surface area contributed by atoms with E-state index in [1.165, 1.54) is 38.4 Å². The summed E-state index contributed by atoms with van der Waals surface area (Å²) in [6, 6.07) is 0.592. The number of rotatable bonds is 3. The predicted molar refractivity (Wildman–Crippen MR) is 81.3 cm³/mol. The molecule has 116 valence electrons. The van der Waals surface area contributed by atoms with Gasteiger partial charge in [-0.3, -0.25) is 4.90 Å². The zero-order valence-electron chi connectivity index (χ0n) is 12.6. The van der Waals surface area contributed by atoms with Gasteiger partial charge >= 0.3 is 0 Å². The molecule has 2 aliphatic carbocycles. The average molecular weight is 300 g/mol. The van der Waals surface area contributed by atoms with Gasteiger partial charge in [-0.15, -0.1) is 0 Å². The Balaban J connectivity index is 1.95. The Kier molecular flexibility index (Phi) is 3.89. The molecule has 20 heavy (non-hydrogen) atoms. The van der Waals surface area contributed by atoms with Crippen LogP contribution in [0.4, 0.5) is 0 Å². The summed E-state index contributed by atoms with van der Waals surface area (Å²) in [5.41, 5.74) is 5.89. The first-order valence-electron chi connectivity index (χ1n) is 8.15. The van der Waals surface area contributed by atoms with Crippen molar-refractivity contribution in [3.63, 3.8) is 0 Å². The van der Waals surface area contributed by atoms with Crippen molar-refractivity contribution < 1.29 is 8.42 Å². The molecule has 3 fully saturated rings. The monoisotopic (exact) mass is 300 g/mol. The zero-order chi connectivity index (χ0) is 14.4. The molecule has 4 unspecified atom stereocenters. The molecule has 4 nitrogen and oxygen atoms in total. The number of nitrogens with zero attached hydrogens (tertiary/aromatic N) is 1. The highest BCUT2D eigenvalue weighted by atomic mass is 32.2. The topological polar surface area (TPSA) is 63.4 Å². The Morgan fingerprint density at radius 1 is 1.15 bits per heavy atom. The van der Waals surface area contributed by atoms with Crippen LogP contribution in [-0.2, 0) is 9.84 Å². The molecule has 0 aromatic rings. The number of hydrogen-bond donors (Lipinski definition) is 1. The van der Waals surface area contributed by atoms with E-state index in [4.69, 9.17) is 5.73 Å². The average Bonchev–Trinajstić information content (AvgIpc) is 3.04. The fourth-order valence-corrected chi connectivity index (χ4v) is 7.06. The summed E-state index contributed by atoms with van der Waals surface area (Å²) in [7, 11) is -3.02. The van der Waals surface area contributed by atoms with Crippen molar-refractivity contribution in [1.29, 1.82) is 0 Å². The van der Waals surface area contributed by atoms with E-state index in [0.29, 0.717) is 12.6 Å². The standard InChI is InChI=1S/C15H28N2O2S/c1-20(18,19)14-8-3-9-15(14,11-16)17-10-4-6-12-5-2-7-13(12)17/h12-14H,2-11,16H2,1H3. The molecule has 1 saturated heterocycles. The fraction of sp³-hybridized carbons (Fsp3) is 1.00. The Labute approximate surface area is 123 Å². The third-order valence-corrected chi connectivity index (χ3v) is 7.82. The Bertz CT molecular complexity index is 464. The van der Waals surface area contributed by atoms with Crippen LogP contribution < -0.4 is 5.73 Å². The maximum Gasteiger partial charge on any atom is 0.152 e. The molecule has 1 aliphatic heterocycles. The van der Waals surface area contributed by atoms with Crippen molar-refractivity contribution in [1.82, 2.24) is 4.90 Å². The highest BCUT2D eigenvalue weighted by molar-refractivity contribution is 7.91. The summed E-state index contributed by atoms with van der Waals surface area (Å²) in [5, 5.41) is -0.251. The maximum atomic E-state index is 12.3. The van der Waals surface area contributed by atoms with Crippen molar-refractivity contribution in [2.45, 2.75) is 68.2 Å². The second-order valence-electron chi connectivity index (χ2n) is 7.11. The minimum Gasteiger partial charge on any atom is -0.329 e. The first-order chi connectivity index (χ1) is 9.49. The molecule has 2 saturated carbocycles. The van der Waals surface area contributed by atoms with Gasteiger partial charge in [0.05, 0.1) is 10.8 Å². The fourth-order valence-electron chi connectivity index (χ4n) is 5.32. The van der Waals surface area contributed by atoms with Gasteiger partial charge in [-0.05, 0) is 51.0 Å². The number of piperidine rings is 1. The SMILES string of the molecule is CS(=O)(=O)C1CCCC1(CN)N1CCCC2CCCC21. The minimum absolute atomic E-state index is 0.251. The molecule has 3 aliphatic rings. The lowest BCUT2D eigenvalue weighted by atomic mass is 9.84. The predicted octanol–water partition coefficient (Wildman–Crippen LogP) is 1.55. The molecule has 4 atom stereocenters. The third-order valence-electron chi connectivity index (χ3n) is 6.11. The van der Waals surface area contributed by atoms with Crippen LogP contribution in [0, 0.1) is 5.92 Å². The molecule has 0 amide bonds. The van der Waals surface area contributed by atoms with Crippen LogP contribution in [0.25, 0.3) is 0 Å². The summed E-state index contributed by atoms with van der Waals surface area (Å²) in [6.45, 7) is 1.54. The van der Waals surface area contributed by atoms with Crippen LogP contribution >= 0.6 is 0 Å². The summed E-state index contributed by atoms with van der Waals surface area (Å²) in [5.74, 6) is 0.785. The molecular weight excluding hydrogens is 272 g/mol. The maximum absolute atomic E-state index is 12.3. The van der Waals surface area contributed by atoms with Gasteiger partial charge in [0.25, 0.3) is 0 Å². The van der Waals surface area contributed by atoms with E-state index in [9.17, 15) is 8.42 Å². The van der Waals surface area contributed by atoms with Crippen molar-refractivity contribution >= 4 is 9.84 Å². The summed E-state index contributed by atoms with van der Waals surface area (Å²) in [6.07, 6.45) is 10.6. The van der Waals surface area contributed by atoms with Crippen molar-refractivity contribution in [2.75, 3.05) is 19.3 Å². The van der Waals surface area contributed by atoms with E-state index >= 15 is 0 Å². The molecule has 3 rings (SSSR count). The molecule has 0 spiro atoms. The second-order valence-corrected chi connectivity index (χ2v) is 9.34. The molecule has 0 radical (unpaired) electrons. The summed E-state index contributed by atoms with van der Waals surface area (Å²) in [4.78, 5) is 2.55. The molecule has 0 aromatic carbocycles. The highest BCUT2D eigenvalue weighted by Crippen LogP contribution is 2.46. The van der Waals surface area contributed by atoms with E-state index in [-0.39, 0.29) is 10.8 Å². The van der Waals surface area contributed by atoms with Crippen molar-refractivity contribution in [3.8, 4) is 0 Å². The van der Waals surface area contributed by atoms with E-state index in [1.807, 2.05) is 0 Å². The number of likely N-dealkylation sites (tertiary alicyclic amines) is 1. The van der Waals surface area contributed by atoms with Gasteiger partial charge in [0, 0.05) is 18.8 Å². The van der Waals surface area contributed by atoms with Crippen LogP contribution in [0.5, 0.6) is 0 Å². The van der Waals surface area contributed by atoms with Gasteiger partial charge in [-0.2, -0.15) is 0 Å². The summed E-state index contributed by atoms with van der Waals surface area (Å²) >= 11 is 0. The summed E-state index contributed by atoms with van der Waals surface area (Å²) < 4.78 is 24.5. The smallest absolute Gasteiger partial charge is 0.152 e. The third kappa shape index (κ3) is 2.22. The molecular formula is C15H28N2O2S. The van der Waals surface area contributed by atoms with Crippen LogP contribution in [0.3, 0.4) is 0 Å². The normalized spacial score (nSPS) is 42.8. The lowest BCUT2D eigenvalue weighted by Gasteiger charge is -2.51. The molecule has 1 heterocycles. The van der Waals surface area contributed by atoms with Gasteiger partial charge in [0.15, 0.2) is 9.84 Å². The van der Waals surface area contributed by atoms with Crippen molar-refractivity contribution in [2.24, 2.45) is 11.7 Å². The molecule has 0 bridgehead atoms. The Morgan fingerprint density at radius 2 is 1.90 bits per heavy atom. The largest absolute Gasteiger partial charge is 0.329 e. The van der Waals surface area contributed by atoms with Gasteiger partial charge in [0.2, 0.25) is 0 Å². The Hall–Kier alpha value is -0.130. The molecule has 0 aromatic heterocycles. The molecule has 2 N–H and O–H groups in total. The van der Waals surface area contributed by atoms with E-state index in [0.717, 1.165) is 31.7 Å². The lowest BCUT2D eigenvalue weighted by Crippen LogP contribution is -2.65. The van der Waals surface area contributed by atoms with Gasteiger partial charge in [0.1, 0.15) is 0 Å². The van der Waals surface area contributed by atoms with Crippen LogP contribution in [0.2, 0.25) is 0 Å².